The highest BCUT2D eigenvalue weighted by Crippen LogP contribution is 2.35. The summed E-state index contributed by atoms with van der Waals surface area (Å²) in [5.74, 6) is 0. The lowest BCUT2D eigenvalue weighted by atomic mass is 10.2. The van der Waals surface area contributed by atoms with E-state index < -0.39 is 7.82 Å². The average molecular weight is 394 g/mol. The van der Waals surface area contributed by atoms with Crippen LogP contribution in [0.4, 0.5) is 0 Å². The van der Waals surface area contributed by atoms with Crippen molar-refractivity contribution in [2.24, 2.45) is 0 Å². The Kier molecular flexibility index (Phi) is 18.3. The monoisotopic (exact) mass is 394 g/mol. The van der Waals surface area contributed by atoms with Crippen molar-refractivity contribution in [3.8, 4) is 0 Å². The van der Waals surface area contributed by atoms with Crippen molar-refractivity contribution < 1.29 is 18.9 Å². The molecule has 0 aromatic heterocycles. The normalized spacial score (nSPS) is 13.7. The van der Waals surface area contributed by atoms with Crippen molar-refractivity contribution >= 4 is 7.82 Å². The quantitative estimate of drug-likeness (QED) is 0.176. The van der Waals surface area contributed by atoms with E-state index in [2.05, 4.69) is 72.2 Å². The van der Waals surface area contributed by atoms with Gasteiger partial charge < -0.3 is 9.79 Å². The summed E-state index contributed by atoms with van der Waals surface area (Å²) in [5, 5.41) is 0. The van der Waals surface area contributed by atoms with E-state index in [1.807, 2.05) is 12.2 Å². The van der Waals surface area contributed by atoms with Crippen molar-refractivity contribution in [3.63, 3.8) is 0 Å². The van der Waals surface area contributed by atoms with Gasteiger partial charge in [-0.3, -0.25) is 4.52 Å². The molecule has 0 aliphatic heterocycles. The highest BCUT2D eigenvalue weighted by atomic mass is 31.2. The number of unbranched alkanes of at least 4 members (excludes halogenated alkanes) is 1. The molecule has 0 bridgehead atoms. The Morgan fingerprint density at radius 2 is 1.04 bits per heavy atom. The third-order valence-corrected chi connectivity index (χ3v) is 3.89. The Morgan fingerprint density at radius 3 is 1.41 bits per heavy atom. The summed E-state index contributed by atoms with van der Waals surface area (Å²) < 4.78 is 14.8. The first kappa shape index (κ1) is 25.6. The van der Waals surface area contributed by atoms with Gasteiger partial charge in [0.15, 0.2) is 0 Å². The Morgan fingerprint density at radius 1 is 0.667 bits per heavy atom. The molecule has 27 heavy (non-hydrogen) atoms. The molecule has 0 fully saturated rings. The summed E-state index contributed by atoms with van der Waals surface area (Å²) in [7, 11) is -4.31. The van der Waals surface area contributed by atoms with E-state index >= 15 is 0 Å². The lowest BCUT2D eigenvalue weighted by molar-refractivity contribution is 0.195. The van der Waals surface area contributed by atoms with Crippen molar-refractivity contribution in [3.05, 3.63) is 72.9 Å². The molecule has 0 heterocycles. The van der Waals surface area contributed by atoms with Gasteiger partial charge in [0.25, 0.3) is 0 Å². The molecule has 0 atom stereocenters. The van der Waals surface area contributed by atoms with Crippen LogP contribution in [0.2, 0.25) is 0 Å². The zero-order valence-corrected chi connectivity index (χ0v) is 17.3. The molecule has 152 valence electrons. The van der Waals surface area contributed by atoms with Gasteiger partial charge in [0.2, 0.25) is 0 Å². The molecule has 2 N–H and O–H groups in total. The molecule has 0 unspecified atom stereocenters. The van der Waals surface area contributed by atoms with Gasteiger partial charge in [-0.15, -0.1) is 0 Å². The molecule has 0 rings (SSSR count). The number of hydrogen-bond donors (Lipinski definition) is 2. The first-order chi connectivity index (χ1) is 13.1. The van der Waals surface area contributed by atoms with Gasteiger partial charge in [0.1, 0.15) is 0 Å². The second-order valence-corrected chi connectivity index (χ2v) is 7.12. The second kappa shape index (κ2) is 19.3. The maximum Gasteiger partial charge on any atom is 0.469 e. The summed E-state index contributed by atoms with van der Waals surface area (Å²) in [6.45, 7) is 2.22. The minimum absolute atomic E-state index is 0.0797. The van der Waals surface area contributed by atoms with Gasteiger partial charge in [-0.2, -0.15) is 0 Å². The zero-order valence-electron chi connectivity index (χ0n) is 16.5. The third-order valence-electron chi connectivity index (χ3n) is 3.37. The molecular weight excluding hydrogens is 359 g/mol. The largest absolute Gasteiger partial charge is 0.469 e. The van der Waals surface area contributed by atoms with E-state index in [0.29, 0.717) is 6.42 Å². The lowest BCUT2D eigenvalue weighted by Gasteiger charge is -2.02. The van der Waals surface area contributed by atoms with E-state index in [-0.39, 0.29) is 6.61 Å². The van der Waals surface area contributed by atoms with Gasteiger partial charge in [-0.1, -0.05) is 79.8 Å². The maximum atomic E-state index is 10.5. The maximum absolute atomic E-state index is 10.5. The van der Waals surface area contributed by atoms with Gasteiger partial charge >= 0.3 is 7.82 Å². The lowest BCUT2D eigenvalue weighted by Crippen LogP contribution is -1.90. The van der Waals surface area contributed by atoms with Crippen LogP contribution in [0.3, 0.4) is 0 Å². The Labute approximate surface area is 165 Å². The van der Waals surface area contributed by atoms with E-state index in [1.54, 1.807) is 0 Å². The highest BCUT2D eigenvalue weighted by Gasteiger charge is 2.11. The summed E-state index contributed by atoms with van der Waals surface area (Å²) in [4.78, 5) is 17.0. The first-order valence-electron chi connectivity index (χ1n) is 9.66. The topological polar surface area (TPSA) is 66.8 Å². The minimum atomic E-state index is -4.31. The summed E-state index contributed by atoms with van der Waals surface area (Å²) in [5.41, 5.74) is 0. The fourth-order valence-corrected chi connectivity index (χ4v) is 2.39. The predicted octanol–water partition coefficient (Wildman–Crippen LogP) is 6.57. The molecular formula is C22H35O4P. The average Bonchev–Trinajstić information content (AvgIpc) is 2.62. The number of phosphoric ester groups is 1. The molecule has 0 aromatic rings. The van der Waals surface area contributed by atoms with Crippen molar-refractivity contribution in [2.75, 3.05) is 6.61 Å². The third kappa shape index (κ3) is 24.6. The predicted molar refractivity (Wildman–Crippen MR) is 115 cm³/mol. The zero-order chi connectivity index (χ0) is 20.1. The number of allylic oxidation sites excluding steroid dienone is 12. The molecule has 0 aliphatic carbocycles. The van der Waals surface area contributed by atoms with Crippen molar-refractivity contribution in [2.45, 2.75) is 58.3 Å². The Hall–Kier alpha value is -1.45. The van der Waals surface area contributed by atoms with Crippen molar-refractivity contribution in [1.82, 2.24) is 0 Å². The molecule has 4 nitrogen and oxygen atoms in total. The van der Waals surface area contributed by atoms with Crippen LogP contribution in [0.5, 0.6) is 0 Å². The van der Waals surface area contributed by atoms with E-state index in [0.717, 1.165) is 44.9 Å². The van der Waals surface area contributed by atoms with Gasteiger partial charge in [0, 0.05) is 0 Å². The second-order valence-electron chi connectivity index (χ2n) is 5.88. The highest BCUT2D eigenvalue weighted by molar-refractivity contribution is 7.46. The Bertz CT molecular complexity index is 551. The smallest absolute Gasteiger partial charge is 0.303 e. The number of rotatable bonds is 16. The molecule has 0 aliphatic rings. The van der Waals surface area contributed by atoms with Gasteiger partial charge in [-0.25, -0.2) is 4.57 Å². The van der Waals surface area contributed by atoms with Crippen LogP contribution >= 0.6 is 7.82 Å². The summed E-state index contributed by atoms with van der Waals surface area (Å²) in [6.07, 6.45) is 33.0. The van der Waals surface area contributed by atoms with Crippen LogP contribution in [0.15, 0.2) is 72.9 Å². The van der Waals surface area contributed by atoms with Crippen LogP contribution in [-0.4, -0.2) is 16.4 Å². The molecule has 0 saturated heterocycles. The van der Waals surface area contributed by atoms with Crippen LogP contribution in [0, 0.1) is 0 Å². The van der Waals surface area contributed by atoms with E-state index in [9.17, 15) is 4.57 Å². The Balaban J connectivity index is 3.52. The van der Waals surface area contributed by atoms with Gasteiger partial charge in [0.05, 0.1) is 6.61 Å². The molecule has 5 heteroatoms. The number of phosphoric acid groups is 1. The van der Waals surface area contributed by atoms with Crippen LogP contribution in [-0.2, 0) is 9.09 Å². The fraction of sp³-hybridized carbons (Fsp3) is 0.455. The summed E-state index contributed by atoms with van der Waals surface area (Å²) >= 11 is 0. The van der Waals surface area contributed by atoms with Crippen LogP contribution < -0.4 is 0 Å². The van der Waals surface area contributed by atoms with Crippen molar-refractivity contribution in [1.29, 1.82) is 0 Å². The minimum Gasteiger partial charge on any atom is -0.303 e. The molecule has 0 radical (unpaired) electrons. The van der Waals surface area contributed by atoms with Crippen LogP contribution in [0.25, 0.3) is 0 Å². The van der Waals surface area contributed by atoms with E-state index in [4.69, 9.17) is 9.79 Å². The summed E-state index contributed by atoms with van der Waals surface area (Å²) in [6, 6.07) is 0. The molecule has 0 aromatic carbocycles. The standard InChI is InChI=1S/C22H35O4P/c1-2-3-4-5-6-7-8-9-10-11-12-13-14-15-16-17-18-19-20-21-22-26-27(23,24)25/h3-4,6-7,9-10,12-13,15-16,18-19H,2,5,8,11,14,17,20-22H2,1H3,(H2,23,24,25)/b4-3+,7-6+,10-9+,13-12+,16-15+,19-18+. The number of hydrogen-bond acceptors (Lipinski definition) is 2. The van der Waals surface area contributed by atoms with Gasteiger partial charge in [-0.05, 0) is 51.4 Å². The first-order valence-corrected chi connectivity index (χ1v) is 11.2. The SMILES string of the molecule is CC/C=C/C/C=C/C/C=C/C/C=C/C/C=C/C/C=C/CCCOP(=O)(O)O. The van der Waals surface area contributed by atoms with E-state index in [1.165, 1.54) is 0 Å². The molecule has 0 spiro atoms. The molecule has 0 saturated carbocycles. The van der Waals surface area contributed by atoms with Crippen LogP contribution in [0.1, 0.15) is 58.3 Å². The fourth-order valence-electron chi connectivity index (χ4n) is 2.02. The molecule has 0 amide bonds.